The van der Waals surface area contributed by atoms with Gasteiger partial charge in [-0.15, -0.1) is 0 Å². The van der Waals surface area contributed by atoms with E-state index in [0.717, 1.165) is 10.4 Å². The zero-order chi connectivity index (χ0) is 9.10. The van der Waals surface area contributed by atoms with E-state index in [1.54, 1.807) is 30.7 Å². The normalized spacial score (nSPS) is 12.7. The molecule has 2 heterocycles. The Morgan fingerprint density at radius 2 is 2.15 bits per heavy atom. The molecule has 13 heavy (non-hydrogen) atoms. The van der Waals surface area contributed by atoms with Gasteiger partial charge in [0.2, 0.25) is 0 Å². The second-order valence-corrected chi connectivity index (χ2v) is 3.36. The topological polar surface area (TPSA) is 58.9 Å². The van der Waals surface area contributed by atoms with Gasteiger partial charge in [-0.05, 0) is 23.7 Å². The van der Waals surface area contributed by atoms with Gasteiger partial charge in [0, 0.05) is 18.0 Å². The average Bonchev–Trinajstić information content (AvgIpc) is 2.71. The largest absolute Gasteiger partial charge is 0.383 e. The average molecular weight is 193 g/mol. The first-order valence-corrected chi connectivity index (χ1v) is 4.50. The molecular weight excluding hydrogens is 186 g/mol. The van der Waals surface area contributed by atoms with Crippen LogP contribution < -0.4 is 0 Å². The molecule has 0 radical (unpaired) electrons. The molecule has 66 valence electrons. The van der Waals surface area contributed by atoms with Gasteiger partial charge in [0.05, 0.1) is 11.1 Å². The fourth-order valence-electron chi connectivity index (χ4n) is 0.994. The maximum atomic E-state index is 9.78. The van der Waals surface area contributed by atoms with Gasteiger partial charge in [-0.25, -0.2) is 4.37 Å². The summed E-state index contributed by atoms with van der Waals surface area (Å²) in [6.07, 6.45) is 4.13. The van der Waals surface area contributed by atoms with Gasteiger partial charge >= 0.3 is 0 Å². The molecule has 0 saturated heterocycles. The molecule has 4 nitrogen and oxygen atoms in total. The van der Waals surface area contributed by atoms with E-state index in [4.69, 9.17) is 0 Å². The van der Waals surface area contributed by atoms with Crippen molar-refractivity contribution in [1.82, 2.24) is 14.6 Å². The van der Waals surface area contributed by atoms with Crippen LogP contribution in [0, 0.1) is 0 Å². The highest BCUT2D eigenvalue weighted by molar-refractivity contribution is 7.05. The van der Waals surface area contributed by atoms with E-state index >= 15 is 0 Å². The highest BCUT2D eigenvalue weighted by Crippen LogP contribution is 2.22. The maximum absolute atomic E-state index is 9.78. The predicted molar refractivity (Wildman–Crippen MR) is 48.2 cm³/mol. The van der Waals surface area contributed by atoms with E-state index < -0.39 is 6.10 Å². The van der Waals surface area contributed by atoms with Gasteiger partial charge in [0.25, 0.3) is 0 Å². The van der Waals surface area contributed by atoms with Crippen LogP contribution in [0.15, 0.2) is 30.7 Å². The first-order chi connectivity index (χ1) is 6.38. The van der Waals surface area contributed by atoms with E-state index in [0.29, 0.717) is 0 Å². The number of nitrogens with zero attached hydrogens (tertiary/aromatic N) is 3. The van der Waals surface area contributed by atoms with Crippen molar-refractivity contribution in [1.29, 1.82) is 0 Å². The highest BCUT2D eigenvalue weighted by Gasteiger charge is 2.11. The number of rotatable bonds is 2. The Balaban J connectivity index is 2.29. The molecule has 0 aliphatic rings. The molecule has 2 aromatic rings. The van der Waals surface area contributed by atoms with E-state index in [-0.39, 0.29) is 0 Å². The minimum Gasteiger partial charge on any atom is -0.383 e. The number of hydrogen-bond donors (Lipinski definition) is 1. The van der Waals surface area contributed by atoms with Crippen LogP contribution in [0.1, 0.15) is 16.5 Å². The third-order valence-electron chi connectivity index (χ3n) is 1.65. The smallest absolute Gasteiger partial charge is 0.116 e. The SMILES string of the molecule is OC(c1ccnnc1)c1ccns1. The molecule has 0 saturated carbocycles. The molecule has 0 aliphatic carbocycles. The molecule has 2 rings (SSSR count). The monoisotopic (exact) mass is 193 g/mol. The van der Waals surface area contributed by atoms with Crippen LogP contribution in [0.2, 0.25) is 0 Å². The lowest BCUT2D eigenvalue weighted by atomic mass is 10.1. The standard InChI is InChI=1S/C8H7N3OS/c12-8(7-2-4-11-13-7)6-1-3-9-10-5-6/h1-5,8,12H. The summed E-state index contributed by atoms with van der Waals surface area (Å²) in [6.45, 7) is 0. The zero-order valence-corrected chi connectivity index (χ0v) is 7.48. The molecule has 1 atom stereocenters. The van der Waals surface area contributed by atoms with Crippen molar-refractivity contribution >= 4 is 11.5 Å². The number of aliphatic hydroxyl groups excluding tert-OH is 1. The Hall–Kier alpha value is -1.33. The third kappa shape index (κ3) is 1.71. The fraction of sp³-hybridized carbons (Fsp3) is 0.125. The Labute approximate surface area is 79.1 Å². The molecule has 0 aliphatic heterocycles. The van der Waals surface area contributed by atoms with Crippen LogP contribution in [-0.2, 0) is 0 Å². The van der Waals surface area contributed by atoms with Crippen molar-refractivity contribution in [3.8, 4) is 0 Å². The minimum absolute atomic E-state index is 0.636. The molecule has 0 bridgehead atoms. The molecule has 2 aromatic heterocycles. The van der Waals surface area contributed by atoms with Gasteiger partial charge in [0.1, 0.15) is 6.10 Å². The summed E-state index contributed by atoms with van der Waals surface area (Å²) >= 11 is 1.28. The zero-order valence-electron chi connectivity index (χ0n) is 6.66. The van der Waals surface area contributed by atoms with Crippen molar-refractivity contribution < 1.29 is 5.11 Å². The van der Waals surface area contributed by atoms with Gasteiger partial charge < -0.3 is 5.11 Å². The van der Waals surface area contributed by atoms with E-state index in [1.807, 2.05) is 0 Å². The lowest BCUT2D eigenvalue weighted by molar-refractivity contribution is 0.223. The Bertz CT molecular complexity index is 362. The first kappa shape index (κ1) is 8.28. The van der Waals surface area contributed by atoms with Crippen molar-refractivity contribution in [2.75, 3.05) is 0 Å². The molecule has 1 N–H and O–H groups in total. The van der Waals surface area contributed by atoms with Gasteiger partial charge in [-0.1, -0.05) is 0 Å². The predicted octanol–water partition coefficient (Wildman–Crippen LogP) is 1.01. The van der Waals surface area contributed by atoms with Crippen LogP contribution >= 0.6 is 11.5 Å². The Morgan fingerprint density at radius 3 is 2.77 bits per heavy atom. The molecule has 5 heteroatoms. The molecule has 0 amide bonds. The van der Waals surface area contributed by atoms with Gasteiger partial charge in [-0.2, -0.15) is 10.2 Å². The summed E-state index contributed by atoms with van der Waals surface area (Å²) in [5.41, 5.74) is 0.735. The minimum atomic E-state index is -0.636. The van der Waals surface area contributed by atoms with Crippen molar-refractivity contribution in [2.45, 2.75) is 6.10 Å². The van der Waals surface area contributed by atoms with Crippen molar-refractivity contribution in [3.05, 3.63) is 41.2 Å². The summed E-state index contributed by atoms with van der Waals surface area (Å²) in [5.74, 6) is 0. The number of aliphatic hydroxyl groups is 1. The van der Waals surface area contributed by atoms with Crippen LogP contribution in [0.25, 0.3) is 0 Å². The van der Waals surface area contributed by atoms with E-state index in [1.165, 1.54) is 11.5 Å². The summed E-state index contributed by atoms with van der Waals surface area (Å²) in [6, 6.07) is 3.52. The van der Waals surface area contributed by atoms with Crippen molar-refractivity contribution in [2.24, 2.45) is 0 Å². The summed E-state index contributed by atoms with van der Waals surface area (Å²) in [5, 5.41) is 17.1. The van der Waals surface area contributed by atoms with Crippen LogP contribution in [0.3, 0.4) is 0 Å². The van der Waals surface area contributed by atoms with Gasteiger partial charge in [0.15, 0.2) is 0 Å². The first-order valence-electron chi connectivity index (χ1n) is 3.73. The second kappa shape index (κ2) is 3.59. The van der Waals surface area contributed by atoms with Crippen molar-refractivity contribution in [3.63, 3.8) is 0 Å². The molecule has 0 aromatic carbocycles. The third-order valence-corrected chi connectivity index (χ3v) is 2.45. The fourth-order valence-corrected chi connectivity index (χ4v) is 1.59. The lowest BCUT2D eigenvalue weighted by Crippen LogP contribution is -1.97. The lowest BCUT2D eigenvalue weighted by Gasteiger charge is -2.05. The quantitative estimate of drug-likeness (QED) is 0.773. The van der Waals surface area contributed by atoms with Crippen LogP contribution in [-0.4, -0.2) is 19.7 Å². The molecule has 1 unspecified atom stereocenters. The Morgan fingerprint density at radius 1 is 1.23 bits per heavy atom. The summed E-state index contributed by atoms with van der Waals surface area (Å²) < 4.78 is 3.91. The maximum Gasteiger partial charge on any atom is 0.116 e. The summed E-state index contributed by atoms with van der Waals surface area (Å²) in [7, 11) is 0. The van der Waals surface area contributed by atoms with Gasteiger partial charge in [-0.3, -0.25) is 0 Å². The number of aromatic nitrogens is 3. The molecular formula is C8H7N3OS. The second-order valence-electron chi connectivity index (χ2n) is 2.49. The van der Waals surface area contributed by atoms with E-state index in [2.05, 4.69) is 14.6 Å². The molecule has 0 spiro atoms. The summed E-state index contributed by atoms with van der Waals surface area (Å²) in [4.78, 5) is 0.813. The van der Waals surface area contributed by atoms with Crippen LogP contribution in [0.4, 0.5) is 0 Å². The van der Waals surface area contributed by atoms with E-state index in [9.17, 15) is 5.11 Å². The highest BCUT2D eigenvalue weighted by atomic mass is 32.1. The molecule has 0 fully saturated rings. The van der Waals surface area contributed by atoms with Crippen LogP contribution in [0.5, 0.6) is 0 Å². The number of hydrogen-bond acceptors (Lipinski definition) is 5. The Kier molecular flexibility index (Phi) is 2.29.